The maximum absolute atomic E-state index is 5.76. The van der Waals surface area contributed by atoms with E-state index in [2.05, 4.69) is 44.4 Å². The summed E-state index contributed by atoms with van der Waals surface area (Å²) < 4.78 is 0. The zero-order valence-electron chi connectivity index (χ0n) is 11.9. The molecule has 1 saturated carbocycles. The van der Waals surface area contributed by atoms with Gasteiger partial charge in [0.05, 0.1) is 0 Å². The molecule has 0 aromatic heterocycles. The molecule has 3 N–H and O–H groups in total. The van der Waals surface area contributed by atoms with E-state index in [1.54, 1.807) is 0 Å². The van der Waals surface area contributed by atoms with Crippen molar-refractivity contribution in [2.45, 2.75) is 52.5 Å². The molecule has 1 aliphatic carbocycles. The Kier molecular flexibility index (Phi) is 4.41. The topological polar surface area (TPSA) is 38.0 Å². The molecule has 0 radical (unpaired) electrons. The zero-order chi connectivity index (χ0) is 13.1. The molecule has 1 fully saturated rings. The average Bonchev–Trinajstić information content (AvgIpc) is 2.77. The number of rotatable bonds is 4. The van der Waals surface area contributed by atoms with Crippen molar-refractivity contribution in [1.82, 2.24) is 5.43 Å². The third-order valence-corrected chi connectivity index (χ3v) is 4.55. The monoisotopic (exact) mass is 246 g/mol. The van der Waals surface area contributed by atoms with Crippen LogP contribution in [-0.2, 0) is 6.42 Å². The maximum atomic E-state index is 5.76. The summed E-state index contributed by atoms with van der Waals surface area (Å²) in [6.07, 6.45) is 5.05. The molecular weight excluding hydrogens is 220 g/mol. The molecule has 2 heteroatoms. The van der Waals surface area contributed by atoms with Crippen LogP contribution < -0.4 is 11.3 Å². The SMILES string of the molecule is Cc1ccc(CC(NN)C2CCC(C)C2)cc1C. The van der Waals surface area contributed by atoms with Crippen LogP contribution in [0.4, 0.5) is 0 Å². The van der Waals surface area contributed by atoms with Gasteiger partial charge in [0.2, 0.25) is 0 Å². The predicted octanol–water partition coefficient (Wildman–Crippen LogP) is 3.11. The molecule has 0 amide bonds. The number of hydrazine groups is 1. The highest BCUT2D eigenvalue weighted by Gasteiger charge is 2.28. The first-order valence-corrected chi connectivity index (χ1v) is 7.12. The van der Waals surface area contributed by atoms with Gasteiger partial charge in [-0.3, -0.25) is 11.3 Å². The fourth-order valence-corrected chi connectivity index (χ4v) is 3.16. The molecule has 0 aliphatic heterocycles. The lowest BCUT2D eigenvalue weighted by molar-refractivity contribution is 0.353. The van der Waals surface area contributed by atoms with Gasteiger partial charge in [0.1, 0.15) is 0 Å². The van der Waals surface area contributed by atoms with E-state index in [4.69, 9.17) is 5.84 Å². The van der Waals surface area contributed by atoms with Crippen molar-refractivity contribution >= 4 is 0 Å². The van der Waals surface area contributed by atoms with Crippen molar-refractivity contribution in [3.05, 3.63) is 34.9 Å². The van der Waals surface area contributed by atoms with Crippen molar-refractivity contribution in [2.75, 3.05) is 0 Å². The van der Waals surface area contributed by atoms with Crippen molar-refractivity contribution in [1.29, 1.82) is 0 Å². The minimum atomic E-state index is 0.428. The fraction of sp³-hybridized carbons (Fsp3) is 0.625. The van der Waals surface area contributed by atoms with Gasteiger partial charge in [-0.2, -0.15) is 0 Å². The van der Waals surface area contributed by atoms with Crippen LogP contribution in [0, 0.1) is 25.7 Å². The molecule has 0 bridgehead atoms. The van der Waals surface area contributed by atoms with Crippen LogP contribution in [0.15, 0.2) is 18.2 Å². The summed E-state index contributed by atoms with van der Waals surface area (Å²) in [7, 11) is 0. The molecule has 100 valence electrons. The second-order valence-electron chi connectivity index (χ2n) is 6.07. The summed E-state index contributed by atoms with van der Waals surface area (Å²) in [5.41, 5.74) is 7.19. The van der Waals surface area contributed by atoms with Crippen LogP contribution in [0.5, 0.6) is 0 Å². The van der Waals surface area contributed by atoms with E-state index in [0.717, 1.165) is 18.3 Å². The molecule has 18 heavy (non-hydrogen) atoms. The summed E-state index contributed by atoms with van der Waals surface area (Å²) in [6, 6.07) is 7.19. The number of aryl methyl sites for hydroxylation is 2. The quantitative estimate of drug-likeness (QED) is 0.633. The third kappa shape index (κ3) is 3.12. The lowest BCUT2D eigenvalue weighted by Gasteiger charge is -2.23. The first-order chi connectivity index (χ1) is 8.60. The number of hydrogen-bond donors (Lipinski definition) is 2. The van der Waals surface area contributed by atoms with E-state index in [1.807, 2.05) is 0 Å². The number of nitrogens with two attached hydrogens (primary N) is 1. The van der Waals surface area contributed by atoms with Crippen LogP contribution in [0.2, 0.25) is 0 Å². The van der Waals surface area contributed by atoms with Gasteiger partial charge in [0, 0.05) is 6.04 Å². The number of benzene rings is 1. The highest BCUT2D eigenvalue weighted by Crippen LogP contribution is 2.33. The van der Waals surface area contributed by atoms with Gasteiger partial charge in [-0.1, -0.05) is 31.5 Å². The molecule has 1 aliphatic rings. The van der Waals surface area contributed by atoms with E-state index >= 15 is 0 Å². The normalized spacial score (nSPS) is 25.3. The third-order valence-electron chi connectivity index (χ3n) is 4.55. The summed E-state index contributed by atoms with van der Waals surface area (Å²) >= 11 is 0. The Morgan fingerprint density at radius 3 is 2.61 bits per heavy atom. The Morgan fingerprint density at radius 2 is 2.06 bits per heavy atom. The lowest BCUT2D eigenvalue weighted by atomic mass is 9.91. The highest BCUT2D eigenvalue weighted by atomic mass is 15.2. The maximum Gasteiger partial charge on any atom is 0.0279 e. The molecule has 1 aromatic carbocycles. The first-order valence-electron chi connectivity index (χ1n) is 7.12. The Bertz CT molecular complexity index is 400. The molecular formula is C16H26N2. The molecule has 0 saturated heterocycles. The number of nitrogens with one attached hydrogen (secondary N) is 1. The van der Waals surface area contributed by atoms with Crippen molar-refractivity contribution < 1.29 is 0 Å². The van der Waals surface area contributed by atoms with Crippen molar-refractivity contribution in [3.63, 3.8) is 0 Å². The van der Waals surface area contributed by atoms with Crippen LogP contribution >= 0.6 is 0 Å². The van der Waals surface area contributed by atoms with Crippen LogP contribution in [0.25, 0.3) is 0 Å². The minimum Gasteiger partial charge on any atom is -0.271 e. The average molecular weight is 246 g/mol. The molecule has 0 spiro atoms. The molecule has 2 rings (SSSR count). The molecule has 3 unspecified atom stereocenters. The zero-order valence-corrected chi connectivity index (χ0v) is 11.9. The van der Waals surface area contributed by atoms with E-state index in [-0.39, 0.29) is 0 Å². The van der Waals surface area contributed by atoms with Gasteiger partial charge < -0.3 is 0 Å². The Morgan fingerprint density at radius 1 is 1.28 bits per heavy atom. The van der Waals surface area contributed by atoms with Crippen LogP contribution in [0.3, 0.4) is 0 Å². The van der Waals surface area contributed by atoms with E-state index in [0.29, 0.717) is 6.04 Å². The van der Waals surface area contributed by atoms with E-state index in [1.165, 1.54) is 36.0 Å². The molecule has 2 nitrogen and oxygen atoms in total. The summed E-state index contributed by atoms with van der Waals surface area (Å²) in [4.78, 5) is 0. The second kappa shape index (κ2) is 5.85. The highest BCUT2D eigenvalue weighted by molar-refractivity contribution is 5.30. The molecule has 1 aromatic rings. The van der Waals surface area contributed by atoms with Crippen LogP contribution in [-0.4, -0.2) is 6.04 Å². The predicted molar refractivity (Wildman–Crippen MR) is 77.2 cm³/mol. The molecule has 0 heterocycles. The van der Waals surface area contributed by atoms with Gasteiger partial charge in [-0.25, -0.2) is 0 Å². The molecule has 3 atom stereocenters. The van der Waals surface area contributed by atoms with Gasteiger partial charge in [0.15, 0.2) is 0 Å². The van der Waals surface area contributed by atoms with E-state index in [9.17, 15) is 0 Å². The lowest BCUT2D eigenvalue weighted by Crippen LogP contribution is -2.41. The standard InChI is InChI=1S/C16H26N2/c1-11-4-7-15(8-11)16(18-17)10-14-6-5-12(2)13(3)9-14/h5-6,9,11,15-16,18H,4,7-8,10,17H2,1-3H3. The first kappa shape index (κ1) is 13.6. The van der Waals surface area contributed by atoms with Crippen molar-refractivity contribution in [3.8, 4) is 0 Å². The second-order valence-corrected chi connectivity index (χ2v) is 6.07. The minimum absolute atomic E-state index is 0.428. The Balaban J connectivity index is 2.03. The largest absolute Gasteiger partial charge is 0.271 e. The van der Waals surface area contributed by atoms with Crippen molar-refractivity contribution in [2.24, 2.45) is 17.7 Å². The number of hydrogen-bond acceptors (Lipinski definition) is 2. The smallest absolute Gasteiger partial charge is 0.0279 e. The fourth-order valence-electron chi connectivity index (χ4n) is 3.16. The summed E-state index contributed by atoms with van der Waals surface area (Å²) in [6.45, 7) is 6.70. The van der Waals surface area contributed by atoms with E-state index < -0.39 is 0 Å². The van der Waals surface area contributed by atoms with Gasteiger partial charge in [-0.15, -0.1) is 0 Å². The van der Waals surface area contributed by atoms with Gasteiger partial charge >= 0.3 is 0 Å². The Labute approximate surface area is 111 Å². The van der Waals surface area contributed by atoms with Gasteiger partial charge in [0.25, 0.3) is 0 Å². The Hall–Kier alpha value is -0.860. The van der Waals surface area contributed by atoms with Gasteiger partial charge in [-0.05, 0) is 61.6 Å². The summed E-state index contributed by atoms with van der Waals surface area (Å²) in [5.74, 6) is 7.37. The van der Waals surface area contributed by atoms with Crippen LogP contribution in [0.1, 0.15) is 42.9 Å². The summed E-state index contributed by atoms with van der Waals surface area (Å²) in [5, 5.41) is 0.